The van der Waals surface area contributed by atoms with Crippen molar-refractivity contribution in [2.45, 2.75) is 42.5 Å². The summed E-state index contributed by atoms with van der Waals surface area (Å²) >= 11 is 0. The quantitative estimate of drug-likeness (QED) is 0.873. The Morgan fingerprint density at radius 2 is 1.81 bits per heavy atom. The summed E-state index contributed by atoms with van der Waals surface area (Å²) in [6.45, 7) is 0.0172. The lowest BCUT2D eigenvalue weighted by atomic mass is 9.82. The Morgan fingerprint density at radius 3 is 2.38 bits per heavy atom. The molecule has 1 aromatic rings. The molecular weight excluding hydrogens is 288 g/mol. The Balaban J connectivity index is 2.37. The molecule has 1 aliphatic rings. The van der Waals surface area contributed by atoms with Crippen molar-refractivity contribution in [3.63, 3.8) is 0 Å². The highest BCUT2D eigenvalue weighted by atomic mass is 32.2. The summed E-state index contributed by atoms with van der Waals surface area (Å²) < 4.78 is 26.0. The number of para-hydroxylation sites is 1. The zero-order valence-electron chi connectivity index (χ0n) is 12.7. The standard InChI is InChI=1S/C15H24N2O3S/c1-17(2)21(19,20)14-9-5-4-8-13(14)16-15(12-18)10-6-3-7-11-15/h4-5,8-9,16,18H,3,6-7,10-12H2,1-2H3. The fourth-order valence-electron chi connectivity index (χ4n) is 2.83. The number of hydrogen-bond acceptors (Lipinski definition) is 4. The number of benzene rings is 1. The average molecular weight is 312 g/mol. The maximum absolute atomic E-state index is 12.4. The lowest BCUT2D eigenvalue weighted by Crippen LogP contribution is -2.44. The molecule has 5 nitrogen and oxygen atoms in total. The van der Waals surface area contributed by atoms with Gasteiger partial charge in [-0.05, 0) is 25.0 Å². The van der Waals surface area contributed by atoms with Crippen LogP contribution in [0.3, 0.4) is 0 Å². The number of hydrogen-bond donors (Lipinski definition) is 2. The zero-order valence-corrected chi connectivity index (χ0v) is 13.5. The number of anilines is 1. The van der Waals surface area contributed by atoms with E-state index in [1.165, 1.54) is 24.8 Å². The molecule has 0 atom stereocenters. The van der Waals surface area contributed by atoms with E-state index >= 15 is 0 Å². The Hall–Kier alpha value is -1.11. The summed E-state index contributed by atoms with van der Waals surface area (Å²) in [7, 11) is -0.459. The molecule has 0 unspecified atom stereocenters. The molecule has 0 aromatic heterocycles. The lowest BCUT2D eigenvalue weighted by molar-refractivity contribution is 0.172. The molecule has 0 amide bonds. The maximum Gasteiger partial charge on any atom is 0.244 e. The van der Waals surface area contributed by atoms with Crippen LogP contribution in [0.5, 0.6) is 0 Å². The number of nitrogens with one attached hydrogen (secondary N) is 1. The lowest BCUT2D eigenvalue weighted by Gasteiger charge is -2.38. The highest BCUT2D eigenvalue weighted by Gasteiger charge is 2.33. The third-order valence-electron chi connectivity index (χ3n) is 4.16. The summed E-state index contributed by atoms with van der Waals surface area (Å²) in [5.41, 5.74) is 0.165. The van der Waals surface area contributed by atoms with E-state index in [1.807, 2.05) is 6.07 Å². The fraction of sp³-hybridized carbons (Fsp3) is 0.600. The Morgan fingerprint density at radius 1 is 1.19 bits per heavy atom. The van der Waals surface area contributed by atoms with Crippen LogP contribution in [0, 0.1) is 0 Å². The molecule has 0 saturated heterocycles. The molecule has 6 heteroatoms. The van der Waals surface area contributed by atoms with Gasteiger partial charge in [-0.2, -0.15) is 0 Å². The smallest absolute Gasteiger partial charge is 0.244 e. The van der Waals surface area contributed by atoms with Gasteiger partial charge >= 0.3 is 0 Å². The molecule has 0 spiro atoms. The Labute approximate surface area is 127 Å². The van der Waals surface area contributed by atoms with Crippen molar-refractivity contribution < 1.29 is 13.5 Å². The highest BCUT2D eigenvalue weighted by molar-refractivity contribution is 7.89. The van der Waals surface area contributed by atoms with Gasteiger partial charge in [0.05, 0.1) is 17.8 Å². The zero-order chi connectivity index (χ0) is 15.5. The van der Waals surface area contributed by atoms with Crippen LogP contribution < -0.4 is 5.32 Å². The van der Waals surface area contributed by atoms with Gasteiger partial charge in [-0.25, -0.2) is 12.7 Å². The number of sulfonamides is 1. The molecule has 21 heavy (non-hydrogen) atoms. The molecule has 1 aromatic carbocycles. The average Bonchev–Trinajstić information content (AvgIpc) is 2.48. The molecule has 0 bridgehead atoms. The number of rotatable bonds is 5. The largest absolute Gasteiger partial charge is 0.394 e. The van der Waals surface area contributed by atoms with E-state index in [1.54, 1.807) is 18.2 Å². The third-order valence-corrected chi connectivity index (χ3v) is 6.03. The molecule has 0 radical (unpaired) electrons. The van der Waals surface area contributed by atoms with Crippen molar-refractivity contribution in [2.75, 3.05) is 26.0 Å². The normalized spacial score (nSPS) is 18.7. The summed E-state index contributed by atoms with van der Waals surface area (Å²) in [6.07, 6.45) is 4.99. The first-order valence-electron chi connectivity index (χ1n) is 7.32. The molecule has 118 valence electrons. The van der Waals surface area contributed by atoms with Gasteiger partial charge in [0.1, 0.15) is 4.90 Å². The SMILES string of the molecule is CN(C)S(=O)(=O)c1ccccc1NC1(CO)CCCCC1. The van der Waals surface area contributed by atoms with E-state index in [0.29, 0.717) is 5.69 Å². The van der Waals surface area contributed by atoms with E-state index in [-0.39, 0.29) is 11.5 Å². The van der Waals surface area contributed by atoms with Crippen LogP contribution >= 0.6 is 0 Å². The second-order valence-corrected chi connectivity index (χ2v) is 8.03. The van der Waals surface area contributed by atoms with Gasteiger partial charge in [0.15, 0.2) is 0 Å². The topological polar surface area (TPSA) is 69.6 Å². The second kappa shape index (κ2) is 6.34. The first kappa shape index (κ1) is 16.3. The van der Waals surface area contributed by atoms with Gasteiger partial charge in [0.2, 0.25) is 10.0 Å². The van der Waals surface area contributed by atoms with Gasteiger partial charge in [0, 0.05) is 14.1 Å². The van der Waals surface area contributed by atoms with Gasteiger partial charge in [-0.15, -0.1) is 0 Å². The van der Waals surface area contributed by atoms with Crippen molar-refractivity contribution in [2.24, 2.45) is 0 Å². The molecule has 1 saturated carbocycles. The number of nitrogens with zero attached hydrogens (tertiary/aromatic N) is 1. The molecule has 2 N–H and O–H groups in total. The van der Waals surface area contributed by atoms with Crippen molar-refractivity contribution in [3.8, 4) is 0 Å². The molecule has 1 fully saturated rings. The van der Waals surface area contributed by atoms with Crippen LogP contribution in [0.25, 0.3) is 0 Å². The van der Waals surface area contributed by atoms with E-state index in [4.69, 9.17) is 0 Å². The summed E-state index contributed by atoms with van der Waals surface area (Å²) in [6, 6.07) is 6.90. The van der Waals surface area contributed by atoms with Crippen LogP contribution in [0.2, 0.25) is 0 Å². The van der Waals surface area contributed by atoms with Gasteiger partial charge in [-0.3, -0.25) is 0 Å². The maximum atomic E-state index is 12.4. The Bertz CT molecular complexity index is 578. The van der Waals surface area contributed by atoms with Crippen molar-refractivity contribution in [3.05, 3.63) is 24.3 Å². The third kappa shape index (κ3) is 3.39. The monoisotopic (exact) mass is 312 g/mol. The predicted octanol–water partition coefficient (Wildman–Crippen LogP) is 2.04. The second-order valence-electron chi connectivity index (χ2n) is 5.91. The minimum Gasteiger partial charge on any atom is -0.394 e. The molecular formula is C15H24N2O3S. The number of aliphatic hydroxyl groups is 1. The highest BCUT2D eigenvalue weighted by Crippen LogP contribution is 2.34. The van der Waals surface area contributed by atoms with Crippen molar-refractivity contribution in [1.82, 2.24) is 4.31 Å². The van der Waals surface area contributed by atoms with E-state index < -0.39 is 15.6 Å². The van der Waals surface area contributed by atoms with Crippen LogP contribution in [-0.4, -0.2) is 44.1 Å². The van der Waals surface area contributed by atoms with E-state index in [2.05, 4.69) is 5.32 Å². The minimum atomic E-state index is -3.50. The van der Waals surface area contributed by atoms with Crippen molar-refractivity contribution >= 4 is 15.7 Å². The van der Waals surface area contributed by atoms with Gasteiger partial charge in [0.25, 0.3) is 0 Å². The van der Waals surface area contributed by atoms with Crippen LogP contribution in [0.1, 0.15) is 32.1 Å². The summed E-state index contributed by atoms with van der Waals surface area (Å²) in [5, 5.41) is 13.1. The van der Waals surface area contributed by atoms with E-state index in [0.717, 1.165) is 25.7 Å². The molecule has 0 aliphatic heterocycles. The fourth-order valence-corrected chi connectivity index (χ4v) is 3.87. The molecule has 1 aliphatic carbocycles. The number of aliphatic hydroxyl groups excluding tert-OH is 1. The summed E-state index contributed by atoms with van der Waals surface area (Å²) in [4.78, 5) is 0.258. The van der Waals surface area contributed by atoms with Crippen LogP contribution in [-0.2, 0) is 10.0 Å². The minimum absolute atomic E-state index is 0.0172. The summed E-state index contributed by atoms with van der Waals surface area (Å²) in [5.74, 6) is 0. The van der Waals surface area contributed by atoms with Crippen LogP contribution in [0.15, 0.2) is 29.2 Å². The van der Waals surface area contributed by atoms with E-state index in [9.17, 15) is 13.5 Å². The Kier molecular flexibility index (Phi) is 4.91. The first-order valence-corrected chi connectivity index (χ1v) is 8.76. The van der Waals surface area contributed by atoms with Gasteiger partial charge < -0.3 is 10.4 Å². The van der Waals surface area contributed by atoms with Gasteiger partial charge in [-0.1, -0.05) is 31.4 Å². The first-order chi connectivity index (χ1) is 9.91. The predicted molar refractivity (Wildman–Crippen MR) is 83.8 cm³/mol. The molecule has 0 heterocycles. The van der Waals surface area contributed by atoms with Crippen LogP contribution in [0.4, 0.5) is 5.69 Å². The van der Waals surface area contributed by atoms with Crippen molar-refractivity contribution in [1.29, 1.82) is 0 Å². The molecule has 2 rings (SSSR count).